The lowest BCUT2D eigenvalue weighted by atomic mass is 9.86. The van der Waals surface area contributed by atoms with E-state index in [4.69, 9.17) is 0 Å². The molecule has 1 amide bonds. The van der Waals surface area contributed by atoms with E-state index in [9.17, 15) is 18.0 Å². The molecule has 0 aromatic carbocycles. The summed E-state index contributed by atoms with van der Waals surface area (Å²) in [5.41, 5.74) is -1.95. The van der Waals surface area contributed by atoms with Crippen LogP contribution in [0.4, 0.5) is 18.0 Å². The summed E-state index contributed by atoms with van der Waals surface area (Å²) in [6.07, 6.45) is -7.09. The highest BCUT2D eigenvalue weighted by Crippen LogP contribution is 2.34. The van der Waals surface area contributed by atoms with Crippen molar-refractivity contribution in [2.45, 2.75) is 33.1 Å². The average Bonchev–Trinajstić information content (AvgIpc) is 2.27. The van der Waals surface area contributed by atoms with E-state index in [-0.39, 0.29) is 0 Å². The number of nitrogens with zero attached hydrogens (tertiary/aromatic N) is 1. The zero-order chi connectivity index (χ0) is 11.1. The van der Waals surface area contributed by atoms with E-state index in [0.29, 0.717) is 0 Å². The maximum atomic E-state index is 12.4. The lowest BCUT2D eigenvalue weighted by molar-refractivity contribution is -0.0682. The summed E-state index contributed by atoms with van der Waals surface area (Å²) < 4.78 is 41.6. The van der Waals surface area contributed by atoms with Crippen molar-refractivity contribution in [3.05, 3.63) is 0 Å². The largest absolute Gasteiger partial charge is 0.437 e. The Morgan fingerprint density at radius 1 is 1.29 bits per heavy atom. The molecule has 80 valence electrons. The Bertz CT molecular complexity index is 288. The number of hydrogen-bond donors (Lipinski definition) is 0. The molecule has 1 aliphatic rings. The van der Waals surface area contributed by atoms with E-state index >= 15 is 0 Å². The normalized spacial score (nSPS) is 23.4. The topological polar surface area (TPSA) is 38.7 Å². The van der Waals surface area contributed by atoms with Gasteiger partial charge in [0.2, 0.25) is 0 Å². The van der Waals surface area contributed by atoms with Crippen molar-refractivity contribution < 1.29 is 22.7 Å². The van der Waals surface area contributed by atoms with Crippen molar-refractivity contribution in [1.29, 1.82) is 0 Å². The van der Waals surface area contributed by atoms with Crippen molar-refractivity contribution in [3.63, 3.8) is 0 Å². The Balaban J connectivity index is 3.03. The second kappa shape index (κ2) is 2.96. The number of ether oxygens (including phenoxy) is 1. The van der Waals surface area contributed by atoms with Gasteiger partial charge in [-0.1, -0.05) is 20.8 Å². The van der Waals surface area contributed by atoms with Crippen molar-refractivity contribution in [1.82, 2.24) is 0 Å². The Hall–Kier alpha value is -1.07. The summed E-state index contributed by atoms with van der Waals surface area (Å²) >= 11 is 0. The van der Waals surface area contributed by atoms with Gasteiger partial charge in [-0.05, 0) is 0 Å². The summed E-state index contributed by atoms with van der Waals surface area (Å²) in [5.74, 6) is 0. The number of hydrogen-bond acceptors (Lipinski definition) is 2. The molecule has 0 spiro atoms. The number of halogens is 3. The van der Waals surface area contributed by atoms with Crippen molar-refractivity contribution in [2.75, 3.05) is 0 Å². The van der Waals surface area contributed by atoms with Crippen LogP contribution in [-0.4, -0.2) is 24.1 Å². The molecule has 0 saturated carbocycles. The summed E-state index contributed by atoms with van der Waals surface area (Å²) in [4.78, 5) is 13.5. The van der Waals surface area contributed by atoms with Gasteiger partial charge >= 0.3 is 12.3 Å². The Morgan fingerprint density at radius 3 is 2.07 bits per heavy atom. The minimum atomic E-state index is -4.61. The van der Waals surface area contributed by atoms with Crippen molar-refractivity contribution in [2.24, 2.45) is 10.4 Å². The summed E-state index contributed by atoms with van der Waals surface area (Å²) in [6, 6.07) is 0. The van der Waals surface area contributed by atoms with Gasteiger partial charge in [0.15, 0.2) is 11.8 Å². The molecule has 1 atom stereocenters. The fourth-order valence-corrected chi connectivity index (χ4v) is 1.14. The van der Waals surface area contributed by atoms with Gasteiger partial charge in [0, 0.05) is 5.41 Å². The number of cyclic esters (lactones) is 1. The van der Waals surface area contributed by atoms with Crippen LogP contribution in [0.2, 0.25) is 0 Å². The van der Waals surface area contributed by atoms with E-state index in [2.05, 4.69) is 9.73 Å². The van der Waals surface area contributed by atoms with E-state index in [0.717, 1.165) is 0 Å². The van der Waals surface area contributed by atoms with Crippen LogP contribution in [0.3, 0.4) is 0 Å². The fraction of sp³-hybridized carbons (Fsp3) is 0.750. The smallest absolute Gasteiger partial charge is 0.434 e. The molecule has 3 nitrogen and oxygen atoms in total. The SMILES string of the molecule is CC(C)(C)C1OC(=O)N=C1C(F)(F)F. The molecule has 1 aliphatic heterocycles. The van der Waals surface area contributed by atoms with Crippen molar-refractivity contribution >= 4 is 11.8 Å². The van der Waals surface area contributed by atoms with Crippen LogP contribution in [0.25, 0.3) is 0 Å². The van der Waals surface area contributed by atoms with Crippen molar-refractivity contribution in [3.8, 4) is 0 Å². The first-order valence-electron chi connectivity index (χ1n) is 3.99. The minimum Gasteiger partial charge on any atom is -0.437 e. The summed E-state index contributed by atoms with van der Waals surface area (Å²) in [5, 5.41) is 0. The molecule has 0 fully saturated rings. The second-order valence-corrected chi connectivity index (χ2v) is 4.12. The predicted molar refractivity (Wildman–Crippen MR) is 43.2 cm³/mol. The highest BCUT2D eigenvalue weighted by molar-refractivity contribution is 6.04. The Kier molecular flexibility index (Phi) is 2.33. The van der Waals surface area contributed by atoms with Gasteiger partial charge < -0.3 is 4.74 Å². The highest BCUT2D eigenvalue weighted by Gasteiger charge is 2.51. The third kappa shape index (κ3) is 2.05. The molecule has 0 radical (unpaired) electrons. The molecule has 0 N–H and O–H groups in total. The fourth-order valence-electron chi connectivity index (χ4n) is 1.14. The quantitative estimate of drug-likeness (QED) is 0.615. The van der Waals surface area contributed by atoms with E-state index in [1.807, 2.05) is 0 Å². The number of amides is 1. The lowest BCUT2D eigenvalue weighted by Crippen LogP contribution is -2.41. The van der Waals surface area contributed by atoms with Crippen LogP contribution in [0.15, 0.2) is 4.99 Å². The van der Waals surface area contributed by atoms with Crippen LogP contribution in [0.5, 0.6) is 0 Å². The monoisotopic (exact) mass is 209 g/mol. The second-order valence-electron chi connectivity index (χ2n) is 4.12. The summed E-state index contributed by atoms with van der Waals surface area (Å²) in [7, 11) is 0. The average molecular weight is 209 g/mol. The first-order valence-corrected chi connectivity index (χ1v) is 3.99. The van der Waals surface area contributed by atoms with Gasteiger partial charge in [0.1, 0.15) is 0 Å². The zero-order valence-electron chi connectivity index (χ0n) is 7.97. The summed E-state index contributed by atoms with van der Waals surface area (Å²) in [6.45, 7) is 4.66. The number of aliphatic imine (C=N–C) groups is 1. The van der Waals surface area contributed by atoms with Gasteiger partial charge in [-0.3, -0.25) is 0 Å². The van der Waals surface area contributed by atoms with Gasteiger partial charge in [-0.25, -0.2) is 4.79 Å². The van der Waals surface area contributed by atoms with Crippen LogP contribution in [-0.2, 0) is 4.74 Å². The molecule has 0 bridgehead atoms. The van der Waals surface area contributed by atoms with Crippen LogP contribution in [0.1, 0.15) is 20.8 Å². The zero-order valence-corrected chi connectivity index (χ0v) is 7.97. The Morgan fingerprint density at radius 2 is 1.79 bits per heavy atom. The minimum absolute atomic E-state index is 0.805. The van der Waals surface area contributed by atoms with Gasteiger partial charge in [0.05, 0.1) is 0 Å². The molecule has 14 heavy (non-hydrogen) atoms. The predicted octanol–water partition coefficient (Wildman–Crippen LogP) is 2.55. The first kappa shape index (κ1) is 11.0. The molecule has 0 aliphatic carbocycles. The molecule has 1 heterocycles. The molecule has 0 saturated heterocycles. The van der Waals surface area contributed by atoms with Gasteiger partial charge in [-0.15, -0.1) is 0 Å². The van der Waals surface area contributed by atoms with Gasteiger partial charge in [-0.2, -0.15) is 18.2 Å². The first-order chi connectivity index (χ1) is 6.12. The number of carbonyl (C=O) groups is 1. The van der Waals surface area contributed by atoms with E-state index in [1.54, 1.807) is 20.8 Å². The number of alkyl halides is 3. The maximum Gasteiger partial charge on any atom is 0.434 e. The Labute approximate surface area is 79.0 Å². The maximum absolute atomic E-state index is 12.4. The highest BCUT2D eigenvalue weighted by atomic mass is 19.4. The van der Waals surface area contributed by atoms with E-state index in [1.165, 1.54) is 0 Å². The molecule has 0 aromatic heterocycles. The van der Waals surface area contributed by atoms with Crippen LogP contribution >= 0.6 is 0 Å². The molecule has 1 rings (SSSR count). The van der Waals surface area contributed by atoms with E-state index < -0.39 is 29.5 Å². The molecule has 0 aromatic rings. The molecule has 6 heteroatoms. The lowest BCUT2D eigenvalue weighted by Gasteiger charge is -2.26. The third-order valence-electron chi connectivity index (χ3n) is 1.76. The number of carbonyl (C=O) groups excluding carboxylic acids is 1. The molecule has 1 unspecified atom stereocenters. The molecular weight excluding hydrogens is 199 g/mol. The van der Waals surface area contributed by atoms with Crippen LogP contribution < -0.4 is 0 Å². The third-order valence-corrected chi connectivity index (χ3v) is 1.76. The standard InChI is InChI=1S/C8H10F3NO2/c1-7(2,3)5-4(8(9,10)11)12-6(13)14-5/h5H,1-3H3. The number of rotatable bonds is 0. The molecular formula is C8H10F3NO2. The van der Waals surface area contributed by atoms with Crippen LogP contribution in [0, 0.1) is 5.41 Å². The van der Waals surface area contributed by atoms with Gasteiger partial charge in [0.25, 0.3) is 0 Å².